The maximum absolute atomic E-state index is 12.0. The van der Waals surface area contributed by atoms with Crippen molar-refractivity contribution in [3.05, 3.63) is 34.2 Å². The summed E-state index contributed by atoms with van der Waals surface area (Å²) in [5.41, 5.74) is 1.31. The van der Waals surface area contributed by atoms with Crippen LogP contribution in [-0.2, 0) is 0 Å². The van der Waals surface area contributed by atoms with Crippen molar-refractivity contribution >= 4 is 28.8 Å². The Hall–Kier alpha value is -1.69. The third kappa shape index (κ3) is 2.68. The van der Waals surface area contributed by atoms with E-state index in [2.05, 4.69) is 4.98 Å². The van der Waals surface area contributed by atoms with Crippen molar-refractivity contribution in [1.82, 2.24) is 9.55 Å². The minimum Gasteiger partial charge on any atom is -0.478 e. The number of aromatic carboxylic acids is 1. The number of H-pyrrole nitrogens is 1. The van der Waals surface area contributed by atoms with Crippen LogP contribution >= 0.6 is 11.8 Å². The Morgan fingerprint density at radius 3 is 2.89 bits per heavy atom. The standard InChI is InChI=1S/C13H16N2O3S/c1-8(5-6-19-2)15-11-4-3-9(12(16)17)7-10(11)14-13(15)18/h3-4,7-8H,5-6H2,1-2H3,(H,14,18)(H,16,17). The fourth-order valence-corrected chi connectivity index (χ4v) is 2.70. The Morgan fingerprint density at radius 1 is 1.53 bits per heavy atom. The molecular weight excluding hydrogens is 264 g/mol. The van der Waals surface area contributed by atoms with Gasteiger partial charge in [0, 0.05) is 6.04 Å². The summed E-state index contributed by atoms with van der Waals surface area (Å²) in [5, 5.41) is 8.94. The zero-order valence-electron chi connectivity index (χ0n) is 10.8. The molecule has 0 amide bonds. The fraction of sp³-hybridized carbons (Fsp3) is 0.385. The van der Waals surface area contributed by atoms with Crippen molar-refractivity contribution in [2.45, 2.75) is 19.4 Å². The molecule has 1 aromatic heterocycles. The van der Waals surface area contributed by atoms with Gasteiger partial charge in [0.25, 0.3) is 0 Å². The van der Waals surface area contributed by atoms with Crippen molar-refractivity contribution in [3.8, 4) is 0 Å². The first-order chi connectivity index (χ1) is 9.04. The number of aromatic nitrogens is 2. The first-order valence-corrected chi connectivity index (χ1v) is 7.40. The molecule has 2 rings (SSSR count). The summed E-state index contributed by atoms with van der Waals surface area (Å²) in [4.78, 5) is 25.6. The smallest absolute Gasteiger partial charge is 0.335 e. The molecule has 6 heteroatoms. The topological polar surface area (TPSA) is 75.1 Å². The summed E-state index contributed by atoms with van der Waals surface area (Å²) < 4.78 is 1.69. The zero-order chi connectivity index (χ0) is 14.0. The van der Waals surface area contributed by atoms with E-state index in [1.54, 1.807) is 22.4 Å². The number of hydrogen-bond donors (Lipinski definition) is 2. The fourth-order valence-electron chi connectivity index (χ4n) is 2.12. The lowest BCUT2D eigenvalue weighted by Gasteiger charge is -2.12. The molecule has 102 valence electrons. The molecule has 1 unspecified atom stereocenters. The highest BCUT2D eigenvalue weighted by Gasteiger charge is 2.14. The molecular formula is C13H16N2O3S. The van der Waals surface area contributed by atoms with Gasteiger partial charge in [-0.25, -0.2) is 9.59 Å². The SMILES string of the molecule is CSCCC(C)n1c(=O)[nH]c2cc(C(=O)O)ccc21. The zero-order valence-corrected chi connectivity index (χ0v) is 11.7. The third-order valence-electron chi connectivity index (χ3n) is 3.14. The van der Waals surface area contributed by atoms with Crippen LogP contribution in [-0.4, -0.2) is 32.6 Å². The number of fused-ring (bicyclic) bond motifs is 1. The average molecular weight is 280 g/mol. The summed E-state index contributed by atoms with van der Waals surface area (Å²) in [6.45, 7) is 2.00. The number of nitrogens with zero attached hydrogens (tertiary/aromatic N) is 1. The van der Waals surface area contributed by atoms with Gasteiger partial charge in [-0.1, -0.05) is 0 Å². The molecule has 0 fully saturated rings. The Morgan fingerprint density at radius 2 is 2.26 bits per heavy atom. The van der Waals surface area contributed by atoms with E-state index in [4.69, 9.17) is 5.11 Å². The van der Waals surface area contributed by atoms with Gasteiger partial charge in [0.15, 0.2) is 0 Å². The highest BCUT2D eigenvalue weighted by molar-refractivity contribution is 7.98. The number of benzene rings is 1. The maximum atomic E-state index is 12.0. The first-order valence-electron chi connectivity index (χ1n) is 6.01. The lowest BCUT2D eigenvalue weighted by Crippen LogP contribution is -2.20. The van der Waals surface area contributed by atoms with E-state index in [0.29, 0.717) is 5.52 Å². The summed E-state index contributed by atoms with van der Waals surface area (Å²) in [5.74, 6) is -0.0149. The molecule has 2 N–H and O–H groups in total. The second kappa shape index (κ2) is 5.52. The van der Waals surface area contributed by atoms with Gasteiger partial charge in [-0.2, -0.15) is 11.8 Å². The average Bonchev–Trinajstić information content (AvgIpc) is 2.70. The van der Waals surface area contributed by atoms with Gasteiger partial charge in [0.2, 0.25) is 0 Å². The minimum absolute atomic E-state index is 0.0874. The lowest BCUT2D eigenvalue weighted by atomic mass is 10.2. The minimum atomic E-state index is -0.995. The number of carboxylic acid groups (broad SMARTS) is 1. The number of thioether (sulfide) groups is 1. The summed E-state index contributed by atoms with van der Waals surface area (Å²) in [7, 11) is 0. The number of carboxylic acids is 1. The van der Waals surface area contributed by atoms with Gasteiger partial charge < -0.3 is 10.1 Å². The number of carbonyl (C=O) groups is 1. The van der Waals surface area contributed by atoms with E-state index < -0.39 is 5.97 Å². The largest absolute Gasteiger partial charge is 0.478 e. The van der Waals surface area contributed by atoms with E-state index in [-0.39, 0.29) is 17.3 Å². The van der Waals surface area contributed by atoms with Crippen LogP contribution in [0.1, 0.15) is 29.7 Å². The monoisotopic (exact) mass is 280 g/mol. The molecule has 1 heterocycles. The molecule has 0 aliphatic rings. The second-order valence-electron chi connectivity index (χ2n) is 4.47. The third-order valence-corrected chi connectivity index (χ3v) is 3.79. The molecule has 0 bridgehead atoms. The van der Waals surface area contributed by atoms with Gasteiger partial charge in [0.1, 0.15) is 0 Å². The van der Waals surface area contributed by atoms with Crippen molar-refractivity contribution in [1.29, 1.82) is 0 Å². The van der Waals surface area contributed by atoms with E-state index in [9.17, 15) is 9.59 Å². The van der Waals surface area contributed by atoms with Gasteiger partial charge in [-0.15, -0.1) is 0 Å². The van der Waals surface area contributed by atoms with E-state index in [1.165, 1.54) is 12.1 Å². The van der Waals surface area contributed by atoms with Crippen LogP contribution < -0.4 is 5.69 Å². The Balaban J connectivity index is 2.48. The molecule has 0 saturated carbocycles. The Bertz CT molecular complexity index is 659. The quantitative estimate of drug-likeness (QED) is 0.881. The normalized spacial score (nSPS) is 12.7. The van der Waals surface area contributed by atoms with Crippen LogP contribution in [0.3, 0.4) is 0 Å². The van der Waals surface area contributed by atoms with Crippen LogP contribution in [0.25, 0.3) is 11.0 Å². The van der Waals surface area contributed by atoms with Crippen molar-refractivity contribution in [2.75, 3.05) is 12.0 Å². The van der Waals surface area contributed by atoms with Crippen LogP contribution in [0.15, 0.2) is 23.0 Å². The van der Waals surface area contributed by atoms with E-state index >= 15 is 0 Å². The molecule has 0 saturated heterocycles. The summed E-state index contributed by atoms with van der Waals surface area (Å²) in [6.07, 6.45) is 2.93. The van der Waals surface area contributed by atoms with Gasteiger partial charge in [-0.05, 0) is 43.6 Å². The number of hydrogen-bond acceptors (Lipinski definition) is 3. The summed E-state index contributed by atoms with van der Waals surface area (Å²) in [6, 6.07) is 4.79. The molecule has 5 nitrogen and oxygen atoms in total. The lowest BCUT2D eigenvalue weighted by molar-refractivity contribution is 0.0697. The van der Waals surface area contributed by atoms with Gasteiger partial charge >= 0.3 is 11.7 Å². The molecule has 1 aromatic carbocycles. The van der Waals surface area contributed by atoms with Crippen LogP contribution in [0.2, 0.25) is 0 Å². The Labute approximate surface area is 114 Å². The Kier molecular flexibility index (Phi) is 3.99. The molecule has 1 atom stereocenters. The van der Waals surface area contributed by atoms with Crippen molar-refractivity contribution < 1.29 is 9.90 Å². The van der Waals surface area contributed by atoms with Crippen LogP contribution in [0, 0.1) is 0 Å². The highest BCUT2D eigenvalue weighted by Crippen LogP contribution is 2.19. The predicted octanol–water partition coefficient (Wildman–Crippen LogP) is 2.34. The molecule has 0 aliphatic carbocycles. The number of aromatic amines is 1. The molecule has 0 radical (unpaired) electrons. The molecule has 0 spiro atoms. The molecule has 19 heavy (non-hydrogen) atoms. The van der Waals surface area contributed by atoms with Crippen LogP contribution in [0.5, 0.6) is 0 Å². The van der Waals surface area contributed by atoms with Crippen molar-refractivity contribution in [2.24, 2.45) is 0 Å². The second-order valence-corrected chi connectivity index (χ2v) is 5.45. The molecule has 0 aliphatic heterocycles. The van der Waals surface area contributed by atoms with Gasteiger partial charge in [-0.3, -0.25) is 4.57 Å². The summed E-state index contributed by atoms with van der Waals surface area (Å²) >= 11 is 1.74. The van der Waals surface area contributed by atoms with E-state index in [1.807, 2.05) is 13.2 Å². The van der Waals surface area contributed by atoms with E-state index in [0.717, 1.165) is 17.7 Å². The first kappa shape index (κ1) is 13.7. The number of imidazole rings is 1. The highest BCUT2D eigenvalue weighted by atomic mass is 32.2. The number of rotatable bonds is 5. The van der Waals surface area contributed by atoms with Crippen LogP contribution in [0.4, 0.5) is 0 Å². The molecule has 2 aromatic rings. The maximum Gasteiger partial charge on any atom is 0.335 e. The predicted molar refractivity (Wildman–Crippen MR) is 77.2 cm³/mol. The van der Waals surface area contributed by atoms with Gasteiger partial charge in [0.05, 0.1) is 16.6 Å². The van der Waals surface area contributed by atoms with Crippen molar-refractivity contribution in [3.63, 3.8) is 0 Å². The number of nitrogens with one attached hydrogen (secondary N) is 1.